The zero-order valence-corrected chi connectivity index (χ0v) is 15.8. The van der Waals surface area contributed by atoms with E-state index in [1.165, 1.54) is 13.2 Å². The van der Waals surface area contributed by atoms with Gasteiger partial charge in [-0.1, -0.05) is 6.07 Å². The Morgan fingerprint density at radius 1 is 1.23 bits per heavy atom. The number of rotatable bonds is 5. The number of sulfonamides is 1. The molecule has 1 aliphatic carbocycles. The van der Waals surface area contributed by atoms with Gasteiger partial charge in [-0.25, -0.2) is 18.5 Å². The van der Waals surface area contributed by atoms with Crippen molar-refractivity contribution in [3.63, 3.8) is 0 Å². The maximum atomic E-state index is 11.9. The number of hydrogen-bond donors (Lipinski definition) is 3. The molecule has 0 unspecified atom stereocenters. The summed E-state index contributed by atoms with van der Waals surface area (Å²) in [6.45, 7) is 1.94. The third kappa shape index (κ3) is 3.32. The van der Waals surface area contributed by atoms with E-state index in [0.717, 1.165) is 29.7 Å². The number of benzene rings is 1. The van der Waals surface area contributed by atoms with Crippen LogP contribution in [0.25, 0.3) is 0 Å². The Balaban J connectivity index is 1.91. The van der Waals surface area contributed by atoms with Crippen molar-refractivity contribution in [2.24, 2.45) is 5.14 Å². The lowest BCUT2D eigenvalue weighted by Gasteiger charge is -2.37. The number of hydrogen-bond acceptors (Lipinski definition) is 7. The molecule has 0 bridgehead atoms. The van der Waals surface area contributed by atoms with Gasteiger partial charge in [-0.05, 0) is 37.3 Å². The summed E-state index contributed by atoms with van der Waals surface area (Å²) in [6.07, 6.45) is 1.65. The molecule has 0 spiro atoms. The van der Waals surface area contributed by atoms with E-state index >= 15 is 0 Å². The van der Waals surface area contributed by atoms with Crippen molar-refractivity contribution in [1.29, 1.82) is 0 Å². The summed E-state index contributed by atoms with van der Waals surface area (Å²) in [4.78, 5) is 8.46. The van der Waals surface area contributed by atoms with Crippen LogP contribution in [-0.4, -0.2) is 32.5 Å². The fourth-order valence-corrected chi connectivity index (χ4v) is 4.25. The molecule has 1 fully saturated rings. The Morgan fingerprint density at radius 2 is 1.92 bits per heavy atom. The van der Waals surface area contributed by atoms with Crippen LogP contribution in [0.4, 0.5) is 11.8 Å². The summed E-state index contributed by atoms with van der Waals surface area (Å²) in [6, 6.07) is 5.16. The third-order valence-electron chi connectivity index (χ3n) is 4.87. The van der Waals surface area contributed by atoms with Crippen molar-refractivity contribution in [2.75, 3.05) is 25.2 Å². The van der Waals surface area contributed by atoms with Gasteiger partial charge in [0.25, 0.3) is 0 Å². The predicted molar refractivity (Wildman–Crippen MR) is 99.8 cm³/mol. The van der Waals surface area contributed by atoms with Crippen LogP contribution in [0, 0.1) is 6.92 Å². The van der Waals surface area contributed by atoms with E-state index in [1.54, 1.807) is 13.1 Å². The van der Waals surface area contributed by atoms with Gasteiger partial charge in [0.1, 0.15) is 16.5 Å². The van der Waals surface area contributed by atoms with Gasteiger partial charge >= 0.3 is 0 Å². The first-order valence-corrected chi connectivity index (χ1v) is 9.81. The standard InChI is InChI=1S/C17H23N5O3S/c1-9-4-5-13(26(19,23)24)16(25-3)15(9)11-6-10(7-11)12-8-14(20-2)22-17(18)21-12/h4-5,8,10-11H,6-7H2,1-3H3,(H2,19,23,24)(H3,18,20,21,22). The fraction of sp³-hybridized carbons (Fsp3) is 0.412. The third-order valence-corrected chi connectivity index (χ3v) is 5.81. The maximum absolute atomic E-state index is 11.9. The predicted octanol–water partition coefficient (Wildman–Crippen LogP) is 1.73. The van der Waals surface area contributed by atoms with Crippen LogP contribution in [0.3, 0.4) is 0 Å². The van der Waals surface area contributed by atoms with E-state index in [4.69, 9.17) is 15.6 Å². The fourth-order valence-electron chi connectivity index (χ4n) is 3.54. The quantitative estimate of drug-likeness (QED) is 0.722. The minimum absolute atomic E-state index is 0.0211. The first kappa shape index (κ1) is 18.4. The molecular formula is C17H23N5O3S. The van der Waals surface area contributed by atoms with E-state index < -0.39 is 10.0 Å². The molecule has 3 rings (SSSR count). The van der Waals surface area contributed by atoms with Gasteiger partial charge in [-0.2, -0.15) is 4.98 Å². The molecule has 1 heterocycles. The largest absolute Gasteiger partial charge is 0.495 e. The summed E-state index contributed by atoms with van der Waals surface area (Å²) in [5.41, 5.74) is 8.54. The molecule has 0 radical (unpaired) electrons. The SMILES string of the molecule is CNc1cc(C2CC(c3c(C)ccc(S(N)(=O)=O)c3OC)C2)nc(N)n1. The molecule has 0 atom stereocenters. The molecule has 5 N–H and O–H groups in total. The molecule has 1 aliphatic rings. The Labute approximate surface area is 153 Å². The van der Waals surface area contributed by atoms with Crippen LogP contribution in [0.2, 0.25) is 0 Å². The lowest BCUT2D eigenvalue weighted by Crippen LogP contribution is -2.24. The molecule has 140 valence electrons. The monoisotopic (exact) mass is 377 g/mol. The summed E-state index contributed by atoms with van der Waals surface area (Å²) in [7, 11) is -0.608. The van der Waals surface area contributed by atoms with Crippen molar-refractivity contribution >= 4 is 21.8 Å². The highest BCUT2D eigenvalue weighted by Crippen LogP contribution is 2.51. The van der Waals surface area contributed by atoms with Crippen molar-refractivity contribution in [3.8, 4) is 5.75 Å². The van der Waals surface area contributed by atoms with E-state index in [1.807, 2.05) is 13.0 Å². The zero-order valence-electron chi connectivity index (χ0n) is 15.0. The summed E-state index contributed by atoms with van der Waals surface area (Å²) >= 11 is 0. The smallest absolute Gasteiger partial charge is 0.241 e. The number of nitrogens with one attached hydrogen (secondary N) is 1. The lowest BCUT2D eigenvalue weighted by atomic mass is 9.69. The van der Waals surface area contributed by atoms with Crippen LogP contribution < -0.4 is 20.9 Å². The van der Waals surface area contributed by atoms with Crippen LogP contribution in [0.15, 0.2) is 23.1 Å². The van der Waals surface area contributed by atoms with Crippen LogP contribution in [0.5, 0.6) is 5.75 Å². The van der Waals surface area contributed by atoms with Gasteiger partial charge in [-0.15, -0.1) is 0 Å². The average Bonchev–Trinajstić information content (AvgIpc) is 2.53. The molecule has 1 aromatic heterocycles. The second-order valence-corrected chi connectivity index (χ2v) is 8.05. The zero-order chi connectivity index (χ0) is 19.1. The minimum atomic E-state index is -3.85. The van der Waals surface area contributed by atoms with Gasteiger partial charge in [-0.3, -0.25) is 0 Å². The van der Waals surface area contributed by atoms with Crippen molar-refractivity contribution in [1.82, 2.24) is 9.97 Å². The molecule has 26 heavy (non-hydrogen) atoms. The highest BCUT2D eigenvalue weighted by Gasteiger charge is 2.36. The van der Waals surface area contributed by atoms with Gasteiger partial charge in [0.2, 0.25) is 16.0 Å². The molecule has 8 nitrogen and oxygen atoms in total. The summed E-state index contributed by atoms with van der Waals surface area (Å²) < 4.78 is 29.1. The molecule has 0 amide bonds. The Morgan fingerprint density at radius 3 is 2.50 bits per heavy atom. The van der Waals surface area contributed by atoms with Gasteiger partial charge in [0.05, 0.1) is 12.8 Å². The molecular weight excluding hydrogens is 354 g/mol. The summed E-state index contributed by atoms with van der Waals surface area (Å²) in [5, 5.41) is 8.31. The minimum Gasteiger partial charge on any atom is -0.495 e. The number of methoxy groups -OCH3 is 1. The molecule has 0 aliphatic heterocycles. The average molecular weight is 377 g/mol. The molecule has 0 saturated heterocycles. The number of nitrogens with two attached hydrogens (primary N) is 2. The van der Waals surface area contributed by atoms with Crippen molar-refractivity contribution < 1.29 is 13.2 Å². The topological polar surface area (TPSA) is 133 Å². The summed E-state index contributed by atoms with van der Waals surface area (Å²) in [5.74, 6) is 1.67. The van der Waals surface area contributed by atoms with Gasteiger partial charge in [0.15, 0.2) is 0 Å². The van der Waals surface area contributed by atoms with E-state index in [9.17, 15) is 8.42 Å². The van der Waals surface area contributed by atoms with Crippen LogP contribution >= 0.6 is 0 Å². The maximum Gasteiger partial charge on any atom is 0.241 e. The van der Waals surface area contributed by atoms with Crippen LogP contribution in [-0.2, 0) is 10.0 Å². The van der Waals surface area contributed by atoms with Gasteiger partial charge < -0.3 is 15.8 Å². The number of aryl methyl sites for hydroxylation is 1. The lowest BCUT2D eigenvalue weighted by molar-refractivity contribution is 0.324. The first-order chi connectivity index (χ1) is 12.2. The number of aromatic nitrogens is 2. The Bertz CT molecular complexity index is 940. The second kappa shape index (κ2) is 6.73. The van der Waals surface area contributed by atoms with E-state index in [0.29, 0.717) is 11.6 Å². The number of nitrogen functional groups attached to an aromatic ring is 1. The molecule has 1 saturated carbocycles. The number of anilines is 2. The molecule has 1 aromatic carbocycles. The van der Waals surface area contributed by atoms with Crippen LogP contribution in [0.1, 0.15) is 41.5 Å². The van der Waals surface area contributed by atoms with E-state index in [-0.39, 0.29) is 22.7 Å². The Hall–Kier alpha value is -2.39. The van der Waals surface area contributed by atoms with E-state index in [2.05, 4.69) is 15.3 Å². The molecule has 9 heteroatoms. The Kier molecular flexibility index (Phi) is 4.76. The highest BCUT2D eigenvalue weighted by molar-refractivity contribution is 7.89. The molecule has 2 aromatic rings. The normalized spacial score (nSPS) is 19.7. The number of ether oxygens (including phenoxy) is 1. The first-order valence-electron chi connectivity index (χ1n) is 8.27. The van der Waals surface area contributed by atoms with Crippen molar-refractivity contribution in [2.45, 2.75) is 36.5 Å². The van der Waals surface area contributed by atoms with Gasteiger partial charge in [0, 0.05) is 24.6 Å². The number of nitrogens with zero attached hydrogens (tertiary/aromatic N) is 2. The highest BCUT2D eigenvalue weighted by atomic mass is 32.2. The number of primary sulfonamides is 1. The van der Waals surface area contributed by atoms with Crippen molar-refractivity contribution in [3.05, 3.63) is 35.0 Å². The second-order valence-electron chi connectivity index (χ2n) is 6.52.